The highest BCUT2D eigenvalue weighted by molar-refractivity contribution is 7.92. The summed E-state index contributed by atoms with van der Waals surface area (Å²) < 4.78 is 53.4. The molecule has 0 aromatic heterocycles. The zero-order valence-electron chi connectivity index (χ0n) is 17.9. The highest BCUT2D eigenvalue weighted by Gasteiger charge is 2.22. The van der Waals surface area contributed by atoms with Crippen molar-refractivity contribution in [3.63, 3.8) is 0 Å². The van der Waals surface area contributed by atoms with Gasteiger partial charge in [-0.05, 0) is 61.9 Å². The Morgan fingerprint density at radius 1 is 0.844 bits per heavy atom. The highest BCUT2D eigenvalue weighted by atomic mass is 32.2. The fraction of sp³-hybridized carbons (Fsp3) is 0.300. The number of rotatable bonds is 10. The average molecular weight is 483 g/mol. The zero-order chi connectivity index (χ0) is 23.9. The van der Waals surface area contributed by atoms with Crippen LogP contribution in [0.4, 0.5) is 17.1 Å². The number of hydrogen-bond donors (Lipinski definition) is 4. The third-order valence-electron chi connectivity index (χ3n) is 4.11. The summed E-state index contributed by atoms with van der Waals surface area (Å²) in [6.45, 7) is 4.49. The van der Waals surface area contributed by atoms with Gasteiger partial charge in [0.1, 0.15) is 0 Å². The lowest BCUT2D eigenvalue weighted by molar-refractivity contribution is -0.117. The summed E-state index contributed by atoms with van der Waals surface area (Å²) in [7, 11) is -7.40. The van der Waals surface area contributed by atoms with E-state index in [9.17, 15) is 26.4 Å². The SMILES string of the molecule is CCCS(=O)(=O)Nc1ccc(NC(=O)[C@H](C)NS(=O)(=O)c2ccc(NC(C)=O)cc2)cc1. The third kappa shape index (κ3) is 7.62. The molecule has 2 aromatic rings. The predicted octanol–water partition coefficient (Wildman–Crippen LogP) is 2.10. The van der Waals surface area contributed by atoms with E-state index in [1.165, 1.54) is 62.4 Å². The molecule has 1 atom stereocenters. The molecule has 0 saturated heterocycles. The van der Waals surface area contributed by atoms with E-state index in [4.69, 9.17) is 0 Å². The number of benzene rings is 2. The molecule has 0 aliphatic rings. The van der Waals surface area contributed by atoms with E-state index in [1.807, 2.05) is 0 Å². The van der Waals surface area contributed by atoms with Crippen molar-refractivity contribution in [3.05, 3.63) is 48.5 Å². The lowest BCUT2D eigenvalue weighted by atomic mass is 10.2. The molecule has 0 fully saturated rings. The molecular weight excluding hydrogens is 456 g/mol. The van der Waals surface area contributed by atoms with Crippen LogP contribution in [0.15, 0.2) is 53.4 Å². The van der Waals surface area contributed by atoms with Gasteiger partial charge >= 0.3 is 0 Å². The van der Waals surface area contributed by atoms with Gasteiger partial charge in [-0.15, -0.1) is 0 Å². The molecule has 0 unspecified atom stereocenters. The molecule has 2 amide bonds. The lowest BCUT2D eigenvalue weighted by Gasteiger charge is -2.15. The van der Waals surface area contributed by atoms with Gasteiger partial charge in [0, 0.05) is 24.0 Å². The van der Waals surface area contributed by atoms with E-state index in [2.05, 4.69) is 20.1 Å². The van der Waals surface area contributed by atoms with E-state index in [-0.39, 0.29) is 16.6 Å². The Labute approximate surface area is 187 Å². The number of carbonyl (C=O) groups excluding carboxylic acids is 2. The number of anilines is 3. The van der Waals surface area contributed by atoms with Gasteiger partial charge in [-0.25, -0.2) is 16.8 Å². The average Bonchev–Trinajstić information content (AvgIpc) is 2.68. The Bertz CT molecular complexity index is 1160. The molecule has 10 nitrogen and oxygen atoms in total. The maximum Gasteiger partial charge on any atom is 0.242 e. The zero-order valence-corrected chi connectivity index (χ0v) is 19.5. The van der Waals surface area contributed by atoms with E-state index in [0.29, 0.717) is 23.5 Å². The first-order valence-corrected chi connectivity index (χ1v) is 12.9. The molecule has 0 heterocycles. The lowest BCUT2D eigenvalue weighted by Crippen LogP contribution is -2.41. The van der Waals surface area contributed by atoms with Crippen molar-refractivity contribution in [2.45, 2.75) is 38.1 Å². The fourth-order valence-electron chi connectivity index (χ4n) is 2.65. The van der Waals surface area contributed by atoms with Crippen molar-refractivity contribution in [2.24, 2.45) is 0 Å². The normalized spacial score (nSPS) is 12.6. The van der Waals surface area contributed by atoms with Crippen molar-refractivity contribution >= 4 is 48.9 Å². The first-order valence-electron chi connectivity index (χ1n) is 9.73. The summed E-state index contributed by atoms with van der Waals surface area (Å²) in [5.41, 5.74) is 1.18. The van der Waals surface area contributed by atoms with Crippen LogP contribution in [0.1, 0.15) is 27.2 Å². The van der Waals surface area contributed by atoms with Gasteiger partial charge in [0.15, 0.2) is 0 Å². The van der Waals surface area contributed by atoms with Crippen LogP contribution >= 0.6 is 0 Å². The van der Waals surface area contributed by atoms with E-state index in [0.717, 1.165) is 0 Å². The van der Waals surface area contributed by atoms with E-state index < -0.39 is 32.0 Å². The Kier molecular flexibility index (Phi) is 8.36. The van der Waals surface area contributed by atoms with Crippen LogP contribution in [0.25, 0.3) is 0 Å². The second-order valence-electron chi connectivity index (χ2n) is 7.04. The van der Waals surface area contributed by atoms with Gasteiger partial charge in [-0.3, -0.25) is 14.3 Å². The summed E-state index contributed by atoms with van der Waals surface area (Å²) in [4.78, 5) is 23.4. The number of carbonyl (C=O) groups is 2. The van der Waals surface area contributed by atoms with Crippen LogP contribution in [-0.4, -0.2) is 40.4 Å². The molecule has 0 aliphatic carbocycles. The number of sulfonamides is 2. The van der Waals surface area contributed by atoms with E-state index >= 15 is 0 Å². The molecule has 0 aliphatic heterocycles. The Morgan fingerprint density at radius 3 is 1.88 bits per heavy atom. The fourth-order valence-corrected chi connectivity index (χ4v) is 4.98. The standard InChI is InChI=1S/C20H26N4O6S2/c1-4-13-31(27,28)24-18-7-5-17(6-8-18)22-20(26)14(2)23-32(29,30)19-11-9-16(10-12-19)21-15(3)25/h5-12,14,23-24H,4,13H2,1-3H3,(H,21,25)(H,22,26)/t14-/m0/s1. The summed E-state index contributed by atoms with van der Waals surface area (Å²) in [6.07, 6.45) is 0.483. The predicted molar refractivity (Wildman–Crippen MR) is 123 cm³/mol. The number of amides is 2. The molecule has 32 heavy (non-hydrogen) atoms. The molecule has 174 valence electrons. The van der Waals surface area contributed by atoms with Gasteiger partial charge in [-0.2, -0.15) is 4.72 Å². The van der Waals surface area contributed by atoms with Crippen molar-refractivity contribution < 1.29 is 26.4 Å². The Morgan fingerprint density at radius 2 is 1.34 bits per heavy atom. The summed E-state index contributed by atoms with van der Waals surface area (Å²) >= 11 is 0. The van der Waals surface area contributed by atoms with Gasteiger partial charge in [0.05, 0.1) is 16.7 Å². The van der Waals surface area contributed by atoms with Gasteiger partial charge < -0.3 is 10.6 Å². The molecule has 0 saturated carbocycles. The van der Waals surface area contributed by atoms with Crippen LogP contribution in [0.2, 0.25) is 0 Å². The molecular formula is C20H26N4O6S2. The van der Waals surface area contributed by atoms with Crippen LogP contribution in [0.3, 0.4) is 0 Å². The number of hydrogen-bond acceptors (Lipinski definition) is 6. The van der Waals surface area contributed by atoms with Gasteiger partial charge in [0.25, 0.3) is 0 Å². The minimum atomic E-state index is -3.97. The summed E-state index contributed by atoms with van der Waals surface area (Å²) in [5.74, 6) is -0.878. The van der Waals surface area contributed by atoms with Crippen LogP contribution in [0.5, 0.6) is 0 Å². The second kappa shape index (κ2) is 10.6. The molecule has 2 aromatic carbocycles. The van der Waals surface area contributed by atoms with Crippen molar-refractivity contribution in [3.8, 4) is 0 Å². The Balaban J connectivity index is 1.99. The third-order valence-corrected chi connectivity index (χ3v) is 7.16. The molecule has 0 radical (unpaired) electrons. The first-order chi connectivity index (χ1) is 14.9. The summed E-state index contributed by atoms with van der Waals surface area (Å²) in [5, 5.41) is 5.11. The smallest absolute Gasteiger partial charge is 0.242 e. The van der Waals surface area contributed by atoms with Gasteiger partial charge in [-0.1, -0.05) is 6.92 Å². The summed E-state index contributed by atoms with van der Waals surface area (Å²) in [6, 6.07) is 10.4. The van der Waals surface area contributed by atoms with Crippen LogP contribution in [-0.2, 0) is 29.6 Å². The Hall–Kier alpha value is -2.96. The van der Waals surface area contributed by atoms with Crippen LogP contribution in [0, 0.1) is 0 Å². The molecule has 2 rings (SSSR count). The van der Waals surface area contributed by atoms with Crippen molar-refractivity contribution in [1.29, 1.82) is 0 Å². The van der Waals surface area contributed by atoms with Gasteiger partial charge in [0.2, 0.25) is 31.9 Å². The molecule has 0 bridgehead atoms. The van der Waals surface area contributed by atoms with Crippen molar-refractivity contribution in [2.75, 3.05) is 21.1 Å². The molecule has 4 N–H and O–H groups in total. The first kappa shape index (κ1) is 25.3. The highest BCUT2D eigenvalue weighted by Crippen LogP contribution is 2.17. The minimum Gasteiger partial charge on any atom is -0.326 e. The maximum absolute atomic E-state index is 12.5. The quantitative estimate of drug-likeness (QED) is 0.407. The maximum atomic E-state index is 12.5. The minimum absolute atomic E-state index is 0.000881. The van der Waals surface area contributed by atoms with Crippen LogP contribution < -0.4 is 20.1 Å². The topological polar surface area (TPSA) is 151 Å². The largest absolute Gasteiger partial charge is 0.326 e. The molecule has 0 spiro atoms. The van der Waals surface area contributed by atoms with Crippen molar-refractivity contribution in [1.82, 2.24) is 4.72 Å². The van der Waals surface area contributed by atoms with E-state index in [1.54, 1.807) is 6.92 Å². The number of nitrogens with one attached hydrogen (secondary N) is 4. The molecule has 12 heteroatoms. The second-order valence-corrected chi connectivity index (χ2v) is 10.6. The monoisotopic (exact) mass is 482 g/mol.